The summed E-state index contributed by atoms with van der Waals surface area (Å²) in [4.78, 5) is 13.0. The molecule has 0 amide bonds. The normalized spacial score (nSPS) is 14.4. The number of aliphatic hydroxyl groups is 1. The predicted molar refractivity (Wildman–Crippen MR) is 117 cm³/mol. The number of nitrogens with zero attached hydrogens (tertiary/aromatic N) is 4. The minimum Gasteiger partial charge on any atom is -0.396 e. The highest BCUT2D eigenvalue weighted by atomic mass is 32.1. The first-order valence-corrected chi connectivity index (χ1v) is 11.0. The molecule has 1 aliphatic rings. The molecule has 4 heterocycles. The molecule has 0 saturated heterocycles. The van der Waals surface area contributed by atoms with Crippen molar-refractivity contribution in [2.45, 2.75) is 32.5 Å². The second-order valence-corrected chi connectivity index (χ2v) is 8.49. The van der Waals surface area contributed by atoms with Gasteiger partial charge in [-0.25, -0.2) is 9.97 Å². The number of hydrogen-bond acceptors (Lipinski definition) is 5. The fourth-order valence-electron chi connectivity index (χ4n) is 4.15. The highest BCUT2D eigenvalue weighted by molar-refractivity contribution is 7.13. The van der Waals surface area contributed by atoms with E-state index in [1.807, 2.05) is 12.3 Å². The van der Waals surface area contributed by atoms with Crippen LogP contribution in [-0.2, 0) is 26.1 Å². The van der Waals surface area contributed by atoms with Crippen molar-refractivity contribution in [2.24, 2.45) is 0 Å². The summed E-state index contributed by atoms with van der Waals surface area (Å²) in [6.07, 6.45) is 6.00. The summed E-state index contributed by atoms with van der Waals surface area (Å²) in [5, 5.41) is 12.6. The quantitative estimate of drug-likeness (QED) is 0.526. The largest absolute Gasteiger partial charge is 0.396 e. The second kappa shape index (κ2) is 8.06. The van der Waals surface area contributed by atoms with Gasteiger partial charge in [-0.1, -0.05) is 24.3 Å². The lowest BCUT2D eigenvalue weighted by molar-refractivity contribution is 0.243. The fraction of sp³-hybridized carbons (Fsp3) is 0.304. The topological polar surface area (TPSA) is 54.2 Å². The van der Waals surface area contributed by atoms with Crippen LogP contribution in [-0.4, -0.2) is 37.7 Å². The van der Waals surface area contributed by atoms with Crippen molar-refractivity contribution in [3.05, 3.63) is 71.0 Å². The van der Waals surface area contributed by atoms with Gasteiger partial charge in [0.15, 0.2) is 5.82 Å². The van der Waals surface area contributed by atoms with Gasteiger partial charge < -0.3 is 9.67 Å². The molecule has 5 rings (SSSR count). The van der Waals surface area contributed by atoms with Gasteiger partial charge in [-0.3, -0.25) is 4.90 Å². The van der Waals surface area contributed by atoms with E-state index in [1.165, 1.54) is 27.7 Å². The summed E-state index contributed by atoms with van der Waals surface area (Å²) < 4.78 is 2.27. The molecule has 6 heteroatoms. The summed E-state index contributed by atoms with van der Waals surface area (Å²) >= 11 is 1.68. The Kier molecular flexibility index (Phi) is 5.14. The Balaban J connectivity index is 1.36. The van der Waals surface area contributed by atoms with Crippen molar-refractivity contribution in [1.82, 2.24) is 19.4 Å². The van der Waals surface area contributed by atoms with E-state index in [-0.39, 0.29) is 6.61 Å². The van der Waals surface area contributed by atoms with Crippen LogP contribution >= 0.6 is 11.3 Å². The molecule has 1 aromatic carbocycles. The summed E-state index contributed by atoms with van der Waals surface area (Å²) in [7, 11) is 0. The van der Waals surface area contributed by atoms with Crippen LogP contribution in [0.3, 0.4) is 0 Å². The lowest BCUT2D eigenvalue weighted by atomic mass is 10.1. The Morgan fingerprint density at radius 3 is 2.93 bits per heavy atom. The van der Waals surface area contributed by atoms with Crippen LogP contribution in [0, 0.1) is 0 Å². The molecular weight excluding hydrogens is 380 g/mol. The SMILES string of the molecule is OCCCn1cc(CN2CCc3nc(-c4cccs4)ncc3C2)c2ccccc21. The molecule has 0 radical (unpaired) electrons. The molecular formula is C23H24N4OS. The van der Waals surface area contributed by atoms with Crippen molar-refractivity contribution in [1.29, 1.82) is 0 Å². The number of rotatable bonds is 6. The van der Waals surface area contributed by atoms with Crippen LogP contribution in [0.1, 0.15) is 23.2 Å². The molecule has 0 bridgehead atoms. The van der Waals surface area contributed by atoms with Crippen LogP contribution in [0.4, 0.5) is 0 Å². The molecule has 0 saturated carbocycles. The third-order valence-electron chi connectivity index (χ3n) is 5.58. The zero-order valence-electron chi connectivity index (χ0n) is 16.3. The van der Waals surface area contributed by atoms with E-state index >= 15 is 0 Å². The van der Waals surface area contributed by atoms with E-state index in [0.717, 1.165) is 49.7 Å². The fourth-order valence-corrected chi connectivity index (χ4v) is 4.81. The summed E-state index contributed by atoms with van der Waals surface area (Å²) in [6.45, 7) is 3.87. The van der Waals surface area contributed by atoms with Crippen molar-refractivity contribution < 1.29 is 5.11 Å². The molecule has 5 nitrogen and oxygen atoms in total. The molecule has 0 spiro atoms. The number of para-hydroxylation sites is 1. The Labute approximate surface area is 174 Å². The maximum absolute atomic E-state index is 9.21. The number of aromatic nitrogens is 3. The minimum atomic E-state index is 0.220. The van der Waals surface area contributed by atoms with Crippen LogP contribution in [0.2, 0.25) is 0 Å². The highest BCUT2D eigenvalue weighted by Crippen LogP contribution is 2.27. The first-order chi connectivity index (χ1) is 14.3. The molecule has 3 aromatic heterocycles. The molecule has 1 aliphatic heterocycles. The minimum absolute atomic E-state index is 0.220. The van der Waals surface area contributed by atoms with Crippen LogP contribution in [0.5, 0.6) is 0 Å². The first-order valence-electron chi connectivity index (χ1n) is 10.1. The van der Waals surface area contributed by atoms with Gasteiger partial charge >= 0.3 is 0 Å². The Hall–Kier alpha value is -2.54. The molecule has 0 unspecified atom stereocenters. The van der Waals surface area contributed by atoms with E-state index in [2.05, 4.69) is 56.4 Å². The smallest absolute Gasteiger partial charge is 0.169 e. The van der Waals surface area contributed by atoms with Gasteiger partial charge in [0.25, 0.3) is 0 Å². The molecule has 1 N–H and O–H groups in total. The summed E-state index contributed by atoms with van der Waals surface area (Å²) in [6, 6.07) is 12.7. The van der Waals surface area contributed by atoms with Gasteiger partial charge in [0.2, 0.25) is 0 Å². The summed E-state index contributed by atoms with van der Waals surface area (Å²) in [5.74, 6) is 0.846. The molecule has 0 atom stereocenters. The van der Waals surface area contributed by atoms with Crippen molar-refractivity contribution in [3.8, 4) is 10.7 Å². The third kappa shape index (κ3) is 3.71. The van der Waals surface area contributed by atoms with Crippen molar-refractivity contribution >= 4 is 22.2 Å². The van der Waals surface area contributed by atoms with E-state index in [9.17, 15) is 5.11 Å². The number of benzene rings is 1. The van der Waals surface area contributed by atoms with Gasteiger partial charge in [0, 0.05) is 68.1 Å². The maximum atomic E-state index is 9.21. The zero-order chi connectivity index (χ0) is 19.6. The Morgan fingerprint density at radius 1 is 1.14 bits per heavy atom. The molecule has 4 aromatic rings. The summed E-state index contributed by atoms with van der Waals surface area (Å²) in [5.41, 5.74) is 5.01. The number of fused-ring (bicyclic) bond motifs is 2. The predicted octanol–water partition coefficient (Wildman–Crippen LogP) is 4.10. The van der Waals surface area contributed by atoms with Crippen LogP contribution in [0.15, 0.2) is 54.2 Å². The van der Waals surface area contributed by atoms with Crippen molar-refractivity contribution in [3.63, 3.8) is 0 Å². The lowest BCUT2D eigenvalue weighted by Gasteiger charge is -2.27. The average molecular weight is 405 g/mol. The van der Waals surface area contributed by atoms with E-state index in [1.54, 1.807) is 11.3 Å². The van der Waals surface area contributed by atoms with Crippen LogP contribution < -0.4 is 0 Å². The standard InChI is InChI=1S/C23H24N4OS/c28-11-4-9-27-16-18(19-5-1-2-6-21(19)27)15-26-10-8-20-17(14-26)13-24-23(25-20)22-7-3-12-29-22/h1-3,5-7,12-13,16,28H,4,8-11,14-15H2. The van der Waals surface area contributed by atoms with E-state index < -0.39 is 0 Å². The van der Waals surface area contributed by atoms with Gasteiger partial charge in [0.1, 0.15) is 0 Å². The molecule has 148 valence electrons. The molecule has 0 fully saturated rings. The monoisotopic (exact) mass is 404 g/mol. The third-order valence-corrected chi connectivity index (χ3v) is 6.44. The van der Waals surface area contributed by atoms with Gasteiger partial charge in [-0.05, 0) is 29.5 Å². The lowest BCUT2D eigenvalue weighted by Crippen LogP contribution is -2.30. The molecule has 0 aliphatic carbocycles. The van der Waals surface area contributed by atoms with Crippen LogP contribution in [0.25, 0.3) is 21.6 Å². The number of hydrogen-bond donors (Lipinski definition) is 1. The number of thiophene rings is 1. The van der Waals surface area contributed by atoms with E-state index in [0.29, 0.717) is 0 Å². The molecule has 29 heavy (non-hydrogen) atoms. The Bertz CT molecular complexity index is 1120. The number of aliphatic hydroxyl groups excluding tert-OH is 1. The zero-order valence-corrected chi connectivity index (χ0v) is 17.1. The Morgan fingerprint density at radius 2 is 2.07 bits per heavy atom. The average Bonchev–Trinajstić information content (AvgIpc) is 3.41. The van der Waals surface area contributed by atoms with Gasteiger partial charge in [-0.15, -0.1) is 11.3 Å². The maximum Gasteiger partial charge on any atom is 0.169 e. The number of aryl methyl sites for hydroxylation is 1. The van der Waals surface area contributed by atoms with Gasteiger partial charge in [0.05, 0.1) is 10.6 Å². The second-order valence-electron chi connectivity index (χ2n) is 7.55. The van der Waals surface area contributed by atoms with Crippen molar-refractivity contribution in [2.75, 3.05) is 13.2 Å². The highest BCUT2D eigenvalue weighted by Gasteiger charge is 2.20. The van der Waals surface area contributed by atoms with E-state index in [4.69, 9.17) is 4.98 Å². The van der Waals surface area contributed by atoms with Gasteiger partial charge in [-0.2, -0.15) is 0 Å². The first kappa shape index (κ1) is 18.5.